The molecule has 6 rings (SSSR count). The van der Waals surface area contributed by atoms with Crippen LogP contribution in [0, 0.1) is 33.6 Å². The summed E-state index contributed by atoms with van der Waals surface area (Å²) in [5.41, 5.74) is 12.8. The van der Waals surface area contributed by atoms with E-state index in [9.17, 15) is 0 Å². The lowest BCUT2D eigenvalue weighted by Gasteiger charge is -2.17. The SMILES string of the molecule is Cc1cc(CC(C)C)cc(C)c1-c1cc(-c2cc(-c3ccccc3)c3ccccc3c2)nc2oc(C)c(C)c12. The average Bonchev–Trinajstić information content (AvgIpc) is 3.20. The largest absolute Gasteiger partial charge is 0.443 e. The number of aryl methyl sites for hydroxylation is 4. The minimum Gasteiger partial charge on any atom is -0.443 e. The number of pyridine rings is 1. The summed E-state index contributed by atoms with van der Waals surface area (Å²) in [6, 6.07) is 30.8. The zero-order chi connectivity index (χ0) is 27.3. The minimum absolute atomic E-state index is 0.624. The maximum Gasteiger partial charge on any atom is 0.227 e. The summed E-state index contributed by atoms with van der Waals surface area (Å²) in [5.74, 6) is 1.55. The highest BCUT2D eigenvalue weighted by Gasteiger charge is 2.20. The Bertz CT molecular complexity index is 1820. The molecule has 2 heterocycles. The Morgan fingerprint density at radius 1 is 0.718 bits per heavy atom. The summed E-state index contributed by atoms with van der Waals surface area (Å²) >= 11 is 0. The molecule has 0 saturated carbocycles. The third kappa shape index (κ3) is 4.55. The summed E-state index contributed by atoms with van der Waals surface area (Å²) < 4.78 is 6.27. The molecule has 0 aliphatic rings. The molecule has 0 unspecified atom stereocenters. The van der Waals surface area contributed by atoms with Crippen LogP contribution in [-0.4, -0.2) is 4.98 Å². The van der Waals surface area contributed by atoms with Gasteiger partial charge in [0.15, 0.2) is 0 Å². The van der Waals surface area contributed by atoms with Gasteiger partial charge in [-0.05, 0) is 108 Å². The maximum atomic E-state index is 6.27. The summed E-state index contributed by atoms with van der Waals surface area (Å²) in [6.07, 6.45) is 1.09. The molecule has 194 valence electrons. The van der Waals surface area contributed by atoms with Gasteiger partial charge in [-0.2, -0.15) is 0 Å². The third-order valence-electron chi connectivity index (χ3n) is 7.89. The van der Waals surface area contributed by atoms with Crippen molar-refractivity contribution in [1.29, 1.82) is 0 Å². The Kier molecular flexibility index (Phi) is 6.35. The van der Waals surface area contributed by atoms with Gasteiger partial charge in [0.2, 0.25) is 5.71 Å². The number of benzene rings is 4. The molecule has 0 saturated heterocycles. The van der Waals surface area contributed by atoms with Gasteiger partial charge in [0, 0.05) is 11.1 Å². The topological polar surface area (TPSA) is 26.0 Å². The quantitative estimate of drug-likeness (QED) is 0.231. The van der Waals surface area contributed by atoms with Crippen LogP contribution in [0.4, 0.5) is 0 Å². The maximum absolute atomic E-state index is 6.27. The van der Waals surface area contributed by atoms with Gasteiger partial charge < -0.3 is 4.42 Å². The number of nitrogens with zero attached hydrogens (tertiary/aromatic N) is 1. The van der Waals surface area contributed by atoms with Crippen molar-refractivity contribution in [2.24, 2.45) is 5.92 Å². The third-order valence-corrected chi connectivity index (χ3v) is 7.89. The van der Waals surface area contributed by atoms with Crippen molar-refractivity contribution in [3.8, 4) is 33.5 Å². The molecule has 0 aliphatic carbocycles. The summed E-state index contributed by atoms with van der Waals surface area (Å²) in [6.45, 7) is 13.2. The fraction of sp³-hybridized carbons (Fsp3) is 0.216. The van der Waals surface area contributed by atoms with Crippen molar-refractivity contribution in [2.45, 2.75) is 48.0 Å². The van der Waals surface area contributed by atoms with Crippen molar-refractivity contribution >= 4 is 21.9 Å². The van der Waals surface area contributed by atoms with E-state index in [2.05, 4.69) is 120 Å². The van der Waals surface area contributed by atoms with E-state index in [-0.39, 0.29) is 0 Å². The van der Waals surface area contributed by atoms with E-state index in [4.69, 9.17) is 9.40 Å². The normalized spacial score (nSPS) is 11.7. The van der Waals surface area contributed by atoms with Crippen LogP contribution in [-0.2, 0) is 6.42 Å². The van der Waals surface area contributed by atoms with E-state index >= 15 is 0 Å². The van der Waals surface area contributed by atoms with Crippen molar-refractivity contribution < 1.29 is 4.42 Å². The highest BCUT2D eigenvalue weighted by atomic mass is 16.3. The Morgan fingerprint density at radius 2 is 1.41 bits per heavy atom. The van der Waals surface area contributed by atoms with Crippen molar-refractivity contribution in [1.82, 2.24) is 4.98 Å². The number of furan rings is 1. The van der Waals surface area contributed by atoms with Crippen LogP contribution in [0.25, 0.3) is 55.4 Å². The molecule has 0 atom stereocenters. The van der Waals surface area contributed by atoms with Crippen molar-refractivity contribution in [2.75, 3.05) is 0 Å². The second kappa shape index (κ2) is 9.85. The predicted molar refractivity (Wildman–Crippen MR) is 165 cm³/mol. The standard InChI is InChI=1S/C37H35NO/c1-22(2)16-27-17-23(3)35(24(4)18-27)33-21-34(38-37-36(33)25(5)26(6)39-37)30-19-29-14-10-11-15-31(29)32(20-30)28-12-8-7-9-13-28/h7-15,17-22H,16H2,1-6H3. The highest BCUT2D eigenvalue weighted by Crippen LogP contribution is 2.41. The van der Waals surface area contributed by atoms with Gasteiger partial charge in [0.05, 0.1) is 11.1 Å². The molecule has 0 fully saturated rings. The first-order chi connectivity index (χ1) is 18.8. The number of aromatic nitrogens is 1. The Morgan fingerprint density at radius 3 is 2.13 bits per heavy atom. The Labute approximate surface area is 231 Å². The Balaban J connectivity index is 1.62. The molecular weight excluding hydrogens is 474 g/mol. The molecule has 0 aliphatic heterocycles. The summed E-state index contributed by atoms with van der Waals surface area (Å²) in [7, 11) is 0. The van der Waals surface area contributed by atoms with Gasteiger partial charge in [-0.1, -0.05) is 80.6 Å². The summed E-state index contributed by atoms with van der Waals surface area (Å²) in [4.78, 5) is 5.10. The van der Waals surface area contributed by atoms with Crippen LogP contribution in [0.1, 0.15) is 41.9 Å². The van der Waals surface area contributed by atoms with E-state index in [0.717, 1.165) is 34.4 Å². The minimum atomic E-state index is 0.624. The molecule has 0 radical (unpaired) electrons. The first kappa shape index (κ1) is 25.1. The molecule has 2 nitrogen and oxygen atoms in total. The summed E-state index contributed by atoms with van der Waals surface area (Å²) in [5, 5.41) is 3.56. The van der Waals surface area contributed by atoms with Gasteiger partial charge >= 0.3 is 0 Å². The molecular formula is C37H35NO. The van der Waals surface area contributed by atoms with Gasteiger partial charge in [-0.15, -0.1) is 0 Å². The first-order valence-corrected chi connectivity index (χ1v) is 13.9. The number of rotatable bonds is 5. The number of hydrogen-bond donors (Lipinski definition) is 0. The van der Waals surface area contributed by atoms with Crippen LogP contribution in [0.5, 0.6) is 0 Å². The molecule has 0 bridgehead atoms. The van der Waals surface area contributed by atoms with E-state index in [0.29, 0.717) is 11.6 Å². The van der Waals surface area contributed by atoms with Crippen LogP contribution in [0.2, 0.25) is 0 Å². The lowest BCUT2D eigenvalue weighted by atomic mass is 9.88. The zero-order valence-corrected chi connectivity index (χ0v) is 23.7. The molecule has 4 aromatic carbocycles. The second-order valence-electron chi connectivity index (χ2n) is 11.3. The zero-order valence-electron chi connectivity index (χ0n) is 23.7. The number of hydrogen-bond acceptors (Lipinski definition) is 2. The number of fused-ring (bicyclic) bond motifs is 2. The monoisotopic (exact) mass is 509 g/mol. The first-order valence-electron chi connectivity index (χ1n) is 13.9. The van der Waals surface area contributed by atoms with Gasteiger partial charge in [0.25, 0.3) is 0 Å². The van der Waals surface area contributed by atoms with Crippen LogP contribution in [0.3, 0.4) is 0 Å². The molecule has 39 heavy (non-hydrogen) atoms. The fourth-order valence-corrected chi connectivity index (χ4v) is 6.08. The lowest BCUT2D eigenvalue weighted by molar-refractivity contribution is 0.565. The van der Waals surface area contributed by atoms with Crippen molar-refractivity contribution in [3.63, 3.8) is 0 Å². The molecule has 2 heteroatoms. The lowest BCUT2D eigenvalue weighted by Crippen LogP contribution is -1.99. The van der Waals surface area contributed by atoms with E-state index in [1.807, 2.05) is 6.92 Å². The van der Waals surface area contributed by atoms with Crippen LogP contribution < -0.4 is 0 Å². The predicted octanol–water partition coefficient (Wildman–Crippen LogP) is 10.4. The molecule has 0 amide bonds. The van der Waals surface area contributed by atoms with Gasteiger partial charge in [0.1, 0.15) is 5.76 Å². The smallest absolute Gasteiger partial charge is 0.227 e. The van der Waals surface area contributed by atoms with Crippen LogP contribution in [0.15, 0.2) is 89.3 Å². The molecule has 0 N–H and O–H groups in total. The fourth-order valence-electron chi connectivity index (χ4n) is 6.08. The average molecular weight is 510 g/mol. The molecule has 0 spiro atoms. The van der Waals surface area contributed by atoms with E-state index in [1.54, 1.807) is 0 Å². The van der Waals surface area contributed by atoms with E-state index in [1.165, 1.54) is 49.7 Å². The van der Waals surface area contributed by atoms with Gasteiger partial charge in [-0.3, -0.25) is 0 Å². The molecule has 6 aromatic rings. The highest BCUT2D eigenvalue weighted by molar-refractivity contribution is 6.02. The molecule has 2 aromatic heterocycles. The van der Waals surface area contributed by atoms with Crippen molar-refractivity contribution in [3.05, 3.63) is 113 Å². The van der Waals surface area contributed by atoms with Gasteiger partial charge in [-0.25, -0.2) is 4.98 Å². The second-order valence-corrected chi connectivity index (χ2v) is 11.3. The van der Waals surface area contributed by atoms with E-state index < -0.39 is 0 Å². The Hall–Kier alpha value is -4.17. The van der Waals surface area contributed by atoms with Crippen LogP contribution >= 0.6 is 0 Å².